The standard InChI is InChI=1S/C24H33N3O5S/c1-17(2)25-24(29)19(4)26(15-20-9-7-18(3)8-10-20)23(28)16-27(33(6,30)31)21-11-13-22(32-5)14-12-21/h7-14,17,19H,15-16H2,1-6H3,(H,25,29)/t19-/m1/s1. The maximum absolute atomic E-state index is 13.4. The van der Waals surface area contributed by atoms with Crippen molar-refractivity contribution in [1.82, 2.24) is 10.2 Å². The zero-order valence-corrected chi connectivity index (χ0v) is 20.8. The Labute approximate surface area is 196 Å². The largest absolute Gasteiger partial charge is 0.497 e. The number of ether oxygens (including phenoxy) is 1. The fourth-order valence-electron chi connectivity index (χ4n) is 3.24. The lowest BCUT2D eigenvalue weighted by atomic mass is 10.1. The summed E-state index contributed by atoms with van der Waals surface area (Å²) in [6.45, 7) is 7.02. The van der Waals surface area contributed by atoms with Crippen LogP contribution in [-0.4, -0.2) is 57.1 Å². The molecule has 0 bridgehead atoms. The lowest BCUT2D eigenvalue weighted by Gasteiger charge is -2.32. The van der Waals surface area contributed by atoms with Crippen LogP contribution in [0.2, 0.25) is 0 Å². The van der Waals surface area contributed by atoms with Crippen LogP contribution in [0.15, 0.2) is 48.5 Å². The molecule has 0 saturated heterocycles. The first-order valence-electron chi connectivity index (χ1n) is 10.7. The number of hydrogen-bond acceptors (Lipinski definition) is 5. The Morgan fingerprint density at radius 2 is 1.58 bits per heavy atom. The zero-order valence-electron chi connectivity index (χ0n) is 20.0. The van der Waals surface area contributed by atoms with E-state index in [2.05, 4.69) is 5.32 Å². The van der Waals surface area contributed by atoms with E-state index in [-0.39, 0.29) is 18.5 Å². The first kappa shape index (κ1) is 26.2. The summed E-state index contributed by atoms with van der Waals surface area (Å²) in [6, 6.07) is 13.1. The minimum absolute atomic E-state index is 0.0944. The molecule has 180 valence electrons. The molecule has 2 rings (SSSR count). The predicted molar refractivity (Wildman–Crippen MR) is 130 cm³/mol. The summed E-state index contributed by atoms with van der Waals surface area (Å²) in [5, 5.41) is 2.82. The number of nitrogens with one attached hydrogen (secondary N) is 1. The molecule has 0 saturated carbocycles. The van der Waals surface area contributed by atoms with Crippen molar-refractivity contribution in [3.05, 3.63) is 59.7 Å². The van der Waals surface area contributed by atoms with E-state index in [0.29, 0.717) is 11.4 Å². The minimum atomic E-state index is -3.77. The molecule has 33 heavy (non-hydrogen) atoms. The summed E-state index contributed by atoms with van der Waals surface area (Å²) in [7, 11) is -2.25. The van der Waals surface area contributed by atoms with E-state index in [4.69, 9.17) is 4.74 Å². The molecule has 8 nitrogen and oxygen atoms in total. The minimum Gasteiger partial charge on any atom is -0.497 e. The highest BCUT2D eigenvalue weighted by Gasteiger charge is 2.30. The van der Waals surface area contributed by atoms with E-state index >= 15 is 0 Å². The van der Waals surface area contributed by atoms with Crippen molar-refractivity contribution in [2.24, 2.45) is 0 Å². The quantitative estimate of drug-likeness (QED) is 0.570. The van der Waals surface area contributed by atoms with Crippen molar-refractivity contribution < 1.29 is 22.7 Å². The monoisotopic (exact) mass is 475 g/mol. The van der Waals surface area contributed by atoms with Gasteiger partial charge in [0.2, 0.25) is 21.8 Å². The van der Waals surface area contributed by atoms with Gasteiger partial charge < -0.3 is 15.0 Å². The molecule has 1 atom stereocenters. The van der Waals surface area contributed by atoms with Gasteiger partial charge in [-0.25, -0.2) is 8.42 Å². The molecule has 0 radical (unpaired) electrons. The van der Waals surface area contributed by atoms with Gasteiger partial charge in [-0.15, -0.1) is 0 Å². The number of rotatable bonds is 10. The van der Waals surface area contributed by atoms with E-state index in [1.165, 1.54) is 12.0 Å². The molecule has 0 spiro atoms. The third-order valence-electron chi connectivity index (χ3n) is 5.11. The molecule has 0 aliphatic heterocycles. The van der Waals surface area contributed by atoms with E-state index in [1.54, 1.807) is 31.2 Å². The van der Waals surface area contributed by atoms with Crippen LogP contribution in [0.25, 0.3) is 0 Å². The van der Waals surface area contributed by atoms with E-state index < -0.39 is 28.5 Å². The van der Waals surface area contributed by atoms with Gasteiger partial charge in [0.1, 0.15) is 18.3 Å². The summed E-state index contributed by atoms with van der Waals surface area (Å²) < 4.78 is 31.2. The molecule has 0 aromatic heterocycles. The van der Waals surface area contributed by atoms with Crippen LogP contribution in [0, 0.1) is 6.92 Å². The van der Waals surface area contributed by atoms with Crippen molar-refractivity contribution in [2.75, 3.05) is 24.2 Å². The van der Waals surface area contributed by atoms with Crippen molar-refractivity contribution >= 4 is 27.5 Å². The van der Waals surface area contributed by atoms with Gasteiger partial charge >= 0.3 is 0 Å². The maximum Gasteiger partial charge on any atom is 0.244 e. The number of nitrogens with zero attached hydrogens (tertiary/aromatic N) is 2. The highest BCUT2D eigenvalue weighted by Crippen LogP contribution is 2.22. The van der Waals surface area contributed by atoms with Crippen LogP contribution < -0.4 is 14.4 Å². The number of sulfonamides is 1. The Morgan fingerprint density at radius 1 is 1.00 bits per heavy atom. The summed E-state index contributed by atoms with van der Waals surface area (Å²) in [6.07, 6.45) is 1.05. The second-order valence-corrected chi connectivity index (χ2v) is 10.2. The van der Waals surface area contributed by atoms with Crippen LogP contribution in [0.3, 0.4) is 0 Å². The number of carbonyl (C=O) groups excluding carboxylic acids is 2. The number of aryl methyl sites for hydroxylation is 1. The third-order valence-corrected chi connectivity index (χ3v) is 6.25. The third kappa shape index (κ3) is 7.49. The molecular formula is C24H33N3O5S. The molecule has 9 heteroatoms. The predicted octanol–water partition coefficient (Wildman–Crippen LogP) is 2.71. The topological polar surface area (TPSA) is 96.0 Å². The molecule has 0 aliphatic rings. The van der Waals surface area contributed by atoms with Gasteiger partial charge in [0.05, 0.1) is 19.1 Å². The Bertz CT molecular complexity index is 1050. The van der Waals surface area contributed by atoms with Gasteiger partial charge in [-0.05, 0) is 57.5 Å². The van der Waals surface area contributed by atoms with E-state index in [1.807, 2.05) is 45.0 Å². The highest BCUT2D eigenvalue weighted by atomic mass is 32.2. The first-order valence-corrected chi connectivity index (χ1v) is 12.5. The molecule has 0 fully saturated rings. The van der Waals surface area contributed by atoms with Gasteiger partial charge in [-0.1, -0.05) is 29.8 Å². The van der Waals surface area contributed by atoms with Crippen LogP contribution in [-0.2, 0) is 26.2 Å². The summed E-state index contributed by atoms with van der Waals surface area (Å²) in [5.74, 6) is -0.220. The number of carbonyl (C=O) groups is 2. The molecule has 2 amide bonds. The average Bonchev–Trinajstić information content (AvgIpc) is 2.75. The summed E-state index contributed by atoms with van der Waals surface area (Å²) >= 11 is 0. The fourth-order valence-corrected chi connectivity index (χ4v) is 4.09. The Morgan fingerprint density at radius 3 is 2.06 bits per heavy atom. The van der Waals surface area contributed by atoms with Gasteiger partial charge in [-0.2, -0.15) is 0 Å². The molecular weight excluding hydrogens is 442 g/mol. The summed E-state index contributed by atoms with van der Waals surface area (Å²) in [5.41, 5.74) is 2.25. The number of anilines is 1. The van der Waals surface area contributed by atoms with Crippen molar-refractivity contribution in [3.63, 3.8) is 0 Å². The van der Waals surface area contributed by atoms with Crippen LogP contribution >= 0.6 is 0 Å². The summed E-state index contributed by atoms with van der Waals surface area (Å²) in [4.78, 5) is 27.5. The fraction of sp³-hybridized carbons (Fsp3) is 0.417. The Balaban J connectivity index is 2.36. The normalized spacial score (nSPS) is 12.2. The van der Waals surface area contributed by atoms with Gasteiger partial charge in [0, 0.05) is 12.6 Å². The lowest BCUT2D eigenvalue weighted by molar-refractivity contribution is -0.139. The Hall–Kier alpha value is -3.07. The second kappa shape index (κ2) is 11.2. The first-order chi connectivity index (χ1) is 15.4. The molecule has 0 heterocycles. The SMILES string of the molecule is COc1ccc(N(CC(=O)N(Cc2ccc(C)cc2)[C@H](C)C(=O)NC(C)C)S(C)(=O)=O)cc1. The van der Waals surface area contributed by atoms with Crippen molar-refractivity contribution in [1.29, 1.82) is 0 Å². The number of benzene rings is 2. The maximum atomic E-state index is 13.4. The molecule has 0 unspecified atom stereocenters. The zero-order chi connectivity index (χ0) is 24.8. The number of methoxy groups -OCH3 is 1. The van der Waals surface area contributed by atoms with Gasteiger partial charge in [0.25, 0.3) is 0 Å². The average molecular weight is 476 g/mol. The highest BCUT2D eigenvalue weighted by molar-refractivity contribution is 7.92. The van der Waals surface area contributed by atoms with Crippen LogP contribution in [0.5, 0.6) is 5.75 Å². The van der Waals surface area contributed by atoms with Crippen molar-refractivity contribution in [2.45, 2.75) is 46.3 Å². The second-order valence-electron chi connectivity index (χ2n) is 8.31. The van der Waals surface area contributed by atoms with Gasteiger partial charge in [0.15, 0.2) is 0 Å². The number of amides is 2. The molecule has 0 aliphatic carbocycles. The van der Waals surface area contributed by atoms with Crippen LogP contribution in [0.1, 0.15) is 31.9 Å². The van der Waals surface area contributed by atoms with Crippen LogP contribution in [0.4, 0.5) is 5.69 Å². The molecule has 2 aromatic rings. The Kier molecular flexibility index (Phi) is 8.87. The lowest BCUT2D eigenvalue weighted by Crippen LogP contribution is -2.52. The molecule has 2 aromatic carbocycles. The van der Waals surface area contributed by atoms with E-state index in [0.717, 1.165) is 21.7 Å². The number of hydrogen-bond donors (Lipinski definition) is 1. The smallest absolute Gasteiger partial charge is 0.244 e. The van der Waals surface area contributed by atoms with Gasteiger partial charge in [-0.3, -0.25) is 13.9 Å². The molecule has 1 N–H and O–H groups in total. The van der Waals surface area contributed by atoms with E-state index in [9.17, 15) is 18.0 Å². The van der Waals surface area contributed by atoms with Crippen molar-refractivity contribution in [3.8, 4) is 5.75 Å².